The Hall–Kier alpha value is -2.68. The summed E-state index contributed by atoms with van der Waals surface area (Å²) in [5.41, 5.74) is 4.18. The molecule has 1 aliphatic heterocycles. The van der Waals surface area contributed by atoms with Gasteiger partial charge in [-0.25, -0.2) is 14.5 Å². The number of fused-ring (bicyclic) bond motifs is 1. The largest absolute Gasteiger partial charge is 0.379 e. The average molecular weight is 435 g/mol. The Morgan fingerprint density at radius 3 is 2.65 bits per heavy atom. The van der Waals surface area contributed by atoms with Gasteiger partial charge in [-0.2, -0.15) is 5.10 Å². The second-order valence-corrected chi connectivity index (χ2v) is 8.64. The Labute approximate surface area is 186 Å². The van der Waals surface area contributed by atoms with Gasteiger partial charge in [0.25, 0.3) is 0 Å². The van der Waals surface area contributed by atoms with Crippen molar-refractivity contribution in [3.8, 4) is 11.3 Å². The number of ether oxygens (including phenoxy) is 1. The van der Waals surface area contributed by atoms with Gasteiger partial charge in [-0.3, -0.25) is 4.90 Å². The standard InChI is InChI=1S/C23H26N6OS/c1-18-6-5-9-29-22(18)25-21(26-29)17-31-23-24-20(19-7-3-2-4-8-19)16-28(23)11-10-27-12-14-30-15-13-27/h2-9,16H,10-15,17H2,1H3. The highest BCUT2D eigenvalue weighted by molar-refractivity contribution is 7.98. The molecule has 0 unspecified atom stereocenters. The third kappa shape index (κ3) is 4.66. The lowest BCUT2D eigenvalue weighted by Gasteiger charge is -2.26. The van der Waals surface area contributed by atoms with Crippen molar-refractivity contribution in [1.82, 2.24) is 29.0 Å². The highest BCUT2D eigenvalue weighted by Gasteiger charge is 2.15. The third-order valence-electron chi connectivity index (χ3n) is 5.50. The zero-order chi connectivity index (χ0) is 21.0. The molecule has 160 valence electrons. The third-order valence-corrected chi connectivity index (χ3v) is 6.49. The molecule has 0 atom stereocenters. The van der Waals surface area contributed by atoms with Gasteiger partial charge in [0.2, 0.25) is 0 Å². The fourth-order valence-corrected chi connectivity index (χ4v) is 4.62. The van der Waals surface area contributed by atoms with Crippen molar-refractivity contribution in [3.63, 3.8) is 0 Å². The summed E-state index contributed by atoms with van der Waals surface area (Å²) < 4.78 is 9.60. The summed E-state index contributed by atoms with van der Waals surface area (Å²) in [5, 5.41) is 5.63. The van der Waals surface area contributed by atoms with Crippen molar-refractivity contribution in [2.75, 3.05) is 32.8 Å². The molecule has 0 N–H and O–H groups in total. The number of aryl methyl sites for hydroxylation is 1. The summed E-state index contributed by atoms with van der Waals surface area (Å²) in [5.74, 6) is 1.51. The molecule has 0 radical (unpaired) electrons. The molecule has 31 heavy (non-hydrogen) atoms. The van der Waals surface area contributed by atoms with Gasteiger partial charge in [0, 0.05) is 44.1 Å². The second-order valence-electron chi connectivity index (χ2n) is 7.70. The lowest BCUT2D eigenvalue weighted by Crippen LogP contribution is -2.38. The topological polar surface area (TPSA) is 60.5 Å². The summed E-state index contributed by atoms with van der Waals surface area (Å²) in [7, 11) is 0. The maximum atomic E-state index is 5.48. The van der Waals surface area contributed by atoms with Crippen molar-refractivity contribution >= 4 is 17.4 Å². The number of morpholine rings is 1. The minimum atomic E-state index is 0.684. The van der Waals surface area contributed by atoms with E-state index in [0.29, 0.717) is 5.75 Å². The van der Waals surface area contributed by atoms with Crippen molar-refractivity contribution < 1.29 is 4.74 Å². The Balaban J connectivity index is 1.35. The van der Waals surface area contributed by atoms with Gasteiger partial charge in [0.1, 0.15) is 0 Å². The van der Waals surface area contributed by atoms with Crippen LogP contribution in [-0.4, -0.2) is 61.9 Å². The average Bonchev–Trinajstić information content (AvgIpc) is 3.42. The van der Waals surface area contributed by atoms with E-state index in [1.54, 1.807) is 11.8 Å². The zero-order valence-corrected chi connectivity index (χ0v) is 18.5. The van der Waals surface area contributed by atoms with E-state index in [2.05, 4.69) is 58.0 Å². The number of hydrogen-bond acceptors (Lipinski definition) is 6. The Morgan fingerprint density at radius 1 is 1.00 bits per heavy atom. The normalized spacial score (nSPS) is 15.0. The van der Waals surface area contributed by atoms with Gasteiger partial charge >= 0.3 is 0 Å². The predicted octanol–water partition coefficient (Wildman–Crippen LogP) is 3.53. The van der Waals surface area contributed by atoms with Gasteiger partial charge < -0.3 is 9.30 Å². The first-order valence-corrected chi connectivity index (χ1v) is 11.6. The van der Waals surface area contributed by atoms with Gasteiger partial charge in [-0.1, -0.05) is 48.2 Å². The van der Waals surface area contributed by atoms with Crippen molar-refractivity contribution in [3.05, 3.63) is 66.2 Å². The molecule has 0 saturated carbocycles. The van der Waals surface area contributed by atoms with Crippen LogP contribution in [0.25, 0.3) is 16.9 Å². The summed E-state index contributed by atoms with van der Waals surface area (Å²) >= 11 is 1.69. The van der Waals surface area contributed by atoms with E-state index in [9.17, 15) is 0 Å². The smallest absolute Gasteiger partial charge is 0.169 e. The van der Waals surface area contributed by atoms with E-state index in [-0.39, 0.29) is 0 Å². The first-order valence-electron chi connectivity index (χ1n) is 10.6. The minimum absolute atomic E-state index is 0.684. The molecular weight excluding hydrogens is 408 g/mol. The second kappa shape index (κ2) is 9.21. The summed E-state index contributed by atoms with van der Waals surface area (Å²) in [6, 6.07) is 14.4. The molecule has 4 heterocycles. The van der Waals surface area contributed by atoms with Crippen molar-refractivity contribution in [2.45, 2.75) is 24.4 Å². The Kier molecular flexibility index (Phi) is 6.01. The van der Waals surface area contributed by atoms with Crippen LogP contribution in [0.2, 0.25) is 0 Å². The fourth-order valence-electron chi connectivity index (χ4n) is 3.77. The van der Waals surface area contributed by atoms with Gasteiger partial charge in [0.05, 0.1) is 24.7 Å². The molecule has 8 heteroatoms. The molecule has 3 aromatic heterocycles. The highest BCUT2D eigenvalue weighted by Crippen LogP contribution is 2.26. The van der Waals surface area contributed by atoms with Crippen LogP contribution in [0, 0.1) is 6.92 Å². The van der Waals surface area contributed by atoms with Crippen LogP contribution < -0.4 is 0 Å². The lowest BCUT2D eigenvalue weighted by molar-refractivity contribution is 0.0361. The number of benzene rings is 1. The SMILES string of the molecule is Cc1cccn2nc(CSc3nc(-c4ccccc4)cn3CCN3CCOCC3)nc12. The monoisotopic (exact) mass is 434 g/mol. The first kappa shape index (κ1) is 20.2. The van der Waals surface area contributed by atoms with Crippen LogP contribution in [0.4, 0.5) is 0 Å². The predicted molar refractivity (Wildman–Crippen MR) is 122 cm³/mol. The minimum Gasteiger partial charge on any atom is -0.379 e. The molecule has 0 aliphatic carbocycles. The summed E-state index contributed by atoms with van der Waals surface area (Å²) in [6.07, 6.45) is 4.11. The van der Waals surface area contributed by atoms with Crippen molar-refractivity contribution in [2.24, 2.45) is 0 Å². The van der Waals surface area contributed by atoms with E-state index < -0.39 is 0 Å². The van der Waals surface area contributed by atoms with E-state index in [0.717, 1.165) is 72.8 Å². The first-order chi connectivity index (χ1) is 15.3. The number of thioether (sulfide) groups is 1. The molecule has 1 fully saturated rings. The zero-order valence-electron chi connectivity index (χ0n) is 17.6. The van der Waals surface area contributed by atoms with Gasteiger partial charge in [-0.15, -0.1) is 0 Å². The number of nitrogens with zero attached hydrogens (tertiary/aromatic N) is 6. The van der Waals surface area contributed by atoms with Crippen LogP contribution in [0.3, 0.4) is 0 Å². The molecular formula is C23H26N6OS. The highest BCUT2D eigenvalue weighted by atomic mass is 32.2. The van der Waals surface area contributed by atoms with Crippen LogP contribution >= 0.6 is 11.8 Å². The lowest BCUT2D eigenvalue weighted by atomic mass is 10.2. The van der Waals surface area contributed by atoms with E-state index in [4.69, 9.17) is 14.7 Å². The van der Waals surface area contributed by atoms with Gasteiger partial charge in [0.15, 0.2) is 16.6 Å². The quantitative estimate of drug-likeness (QED) is 0.415. The molecule has 1 aliphatic rings. The van der Waals surface area contributed by atoms with Crippen LogP contribution in [0.15, 0.2) is 60.0 Å². The van der Waals surface area contributed by atoms with E-state index in [1.165, 1.54) is 0 Å². The molecule has 7 nitrogen and oxygen atoms in total. The number of pyridine rings is 1. The maximum absolute atomic E-state index is 5.48. The number of imidazole rings is 1. The van der Waals surface area contributed by atoms with E-state index >= 15 is 0 Å². The maximum Gasteiger partial charge on any atom is 0.169 e. The molecule has 1 aromatic carbocycles. The molecule has 1 saturated heterocycles. The summed E-state index contributed by atoms with van der Waals surface area (Å²) in [6.45, 7) is 7.58. The van der Waals surface area contributed by atoms with Crippen molar-refractivity contribution in [1.29, 1.82) is 0 Å². The molecule has 0 spiro atoms. The molecule has 4 aromatic rings. The number of hydrogen-bond donors (Lipinski definition) is 0. The molecule has 0 amide bonds. The van der Waals surface area contributed by atoms with Gasteiger partial charge in [-0.05, 0) is 18.6 Å². The fraction of sp³-hybridized carbons (Fsp3) is 0.348. The van der Waals surface area contributed by atoms with Crippen LogP contribution in [-0.2, 0) is 17.0 Å². The Morgan fingerprint density at radius 2 is 1.84 bits per heavy atom. The molecule has 0 bridgehead atoms. The van der Waals surface area contributed by atoms with E-state index in [1.807, 2.05) is 22.8 Å². The van der Waals surface area contributed by atoms with Crippen LogP contribution in [0.5, 0.6) is 0 Å². The molecule has 5 rings (SSSR count). The number of rotatable bonds is 7. The number of aromatic nitrogens is 5. The summed E-state index contributed by atoms with van der Waals surface area (Å²) in [4.78, 5) is 12.1. The van der Waals surface area contributed by atoms with Crippen LogP contribution in [0.1, 0.15) is 11.4 Å². The Bertz CT molecular complexity index is 1150.